The maximum atomic E-state index is 12.2. The van der Waals surface area contributed by atoms with E-state index in [-0.39, 0.29) is 5.91 Å². The van der Waals surface area contributed by atoms with Crippen LogP contribution in [0.25, 0.3) is 0 Å². The standard InChI is InChI=1S/C12H11ClN2OS2/c1-2-5-15(6-9-3-4-11(13)18-9)12(16)10-7-17-8-14-10/h2-4,7-8H,1,5-6H2. The number of hydrogen-bond donors (Lipinski definition) is 0. The number of carbonyl (C=O) groups is 1. The first-order valence-corrected chi connectivity index (χ1v) is 7.37. The van der Waals surface area contributed by atoms with Crippen molar-refractivity contribution in [3.05, 3.63) is 50.6 Å². The zero-order valence-corrected chi connectivity index (χ0v) is 11.9. The van der Waals surface area contributed by atoms with E-state index in [2.05, 4.69) is 11.6 Å². The van der Waals surface area contributed by atoms with Gasteiger partial charge in [0.05, 0.1) is 16.4 Å². The number of hydrogen-bond acceptors (Lipinski definition) is 4. The number of amides is 1. The summed E-state index contributed by atoms with van der Waals surface area (Å²) in [5.74, 6) is -0.0827. The molecule has 0 saturated heterocycles. The molecular weight excluding hydrogens is 288 g/mol. The normalized spacial score (nSPS) is 10.3. The van der Waals surface area contributed by atoms with Crippen molar-refractivity contribution in [2.45, 2.75) is 6.54 Å². The predicted octanol–water partition coefficient (Wildman–Crippen LogP) is 3.69. The van der Waals surface area contributed by atoms with Crippen LogP contribution >= 0.6 is 34.3 Å². The van der Waals surface area contributed by atoms with Gasteiger partial charge in [-0.1, -0.05) is 17.7 Å². The highest BCUT2D eigenvalue weighted by Gasteiger charge is 2.17. The second kappa shape index (κ2) is 6.13. The minimum atomic E-state index is -0.0827. The number of carbonyl (C=O) groups excluding carboxylic acids is 1. The summed E-state index contributed by atoms with van der Waals surface area (Å²) >= 11 is 8.77. The molecule has 2 aromatic rings. The first-order chi connectivity index (χ1) is 8.70. The number of nitrogens with zero attached hydrogens (tertiary/aromatic N) is 2. The molecule has 0 bridgehead atoms. The second-order valence-corrected chi connectivity index (χ2v) is 6.07. The molecule has 0 aromatic carbocycles. The third-order valence-electron chi connectivity index (χ3n) is 2.26. The fourth-order valence-electron chi connectivity index (χ4n) is 1.48. The molecule has 1 amide bonds. The van der Waals surface area contributed by atoms with Gasteiger partial charge in [0.25, 0.3) is 5.91 Å². The van der Waals surface area contributed by atoms with Crippen LogP contribution in [0.15, 0.2) is 35.7 Å². The van der Waals surface area contributed by atoms with Crippen molar-refractivity contribution in [1.29, 1.82) is 0 Å². The van der Waals surface area contributed by atoms with Gasteiger partial charge < -0.3 is 4.90 Å². The van der Waals surface area contributed by atoms with Gasteiger partial charge in [-0.3, -0.25) is 4.79 Å². The minimum absolute atomic E-state index is 0.0827. The van der Waals surface area contributed by atoms with E-state index >= 15 is 0 Å². The average molecular weight is 299 g/mol. The van der Waals surface area contributed by atoms with Crippen LogP contribution in [-0.2, 0) is 6.54 Å². The summed E-state index contributed by atoms with van der Waals surface area (Å²) in [6.45, 7) is 4.70. The third-order valence-corrected chi connectivity index (χ3v) is 4.07. The zero-order chi connectivity index (χ0) is 13.0. The molecule has 0 spiro atoms. The van der Waals surface area contributed by atoms with Crippen LogP contribution in [0.1, 0.15) is 15.4 Å². The topological polar surface area (TPSA) is 33.2 Å². The van der Waals surface area contributed by atoms with E-state index in [4.69, 9.17) is 11.6 Å². The highest BCUT2D eigenvalue weighted by atomic mass is 35.5. The van der Waals surface area contributed by atoms with Crippen LogP contribution in [0, 0.1) is 0 Å². The van der Waals surface area contributed by atoms with E-state index < -0.39 is 0 Å². The maximum Gasteiger partial charge on any atom is 0.273 e. The molecule has 0 aliphatic heterocycles. The number of thiazole rings is 1. The zero-order valence-electron chi connectivity index (χ0n) is 9.51. The van der Waals surface area contributed by atoms with Gasteiger partial charge in [-0.15, -0.1) is 29.3 Å². The fourth-order valence-corrected chi connectivity index (χ4v) is 3.11. The van der Waals surface area contributed by atoms with Crippen LogP contribution in [0.3, 0.4) is 0 Å². The number of rotatable bonds is 5. The number of thiophene rings is 1. The van der Waals surface area contributed by atoms with E-state index in [1.54, 1.807) is 21.9 Å². The van der Waals surface area contributed by atoms with Crippen LogP contribution in [0.4, 0.5) is 0 Å². The summed E-state index contributed by atoms with van der Waals surface area (Å²) in [5, 5.41) is 1.75. The van der Waals surface area contributed by atoms with Crippen LogP contribution in [0.2, 0.25) is 4.34 Å². The van der Waals surface area contributed by atoms with Crippen molar-refractivity contribution in [2.24, 2.45) is 0 Å². The largest absolute Gasteiger partial charge is 0.328 e. The van der Waals surface area contributed by atoms with Gasteiger partial charge in [-0.25, -0.2) is 4.98 Å². The molecule has 2 heterocycles. The monoisotopic (exact) mass is 298 g/mol. The van der Waals surface area contributed by atoms with Crippen LogP contribution < -0.4 is 0 Å². The SMILES string of the molecule is C=CCN(Cc1ccc(Cl)s1)C(=O)c1cscn1. The molecule has 0 atom stereocenters. The second-order valence-electron chi connectivity index (χ2n) is 3.55. The molecule has 18 heavy (non-hydrogen) atoms. The Morgan fingerprint density at radius 3 is 2.94 bits per heavy atom. The smallest absolute Gasteiger partial charge is 0.273 e. The fraction of sp³-hybridized carbons (Fsp3) is 0.167. The molecule has 0 radical (unpaired) electrons. The summed E-state index contributed by atoms with van der Waals surface area (Å²) in [6, 6.07) is 3.76. The molecular formula is C12H11ClN2OS2. The molecule has 0 N–H and O–H groups in total. The molecule has 0 saturated carbocycles. The maximum absolute atomic E-state index is 12.2. The van der Waals surface area contributed by atoms with Crippen molar-refractivity contribution < 1.29 is 4.79 Å². The number of halogens is 1. The van der Waals surface area contributed by atoms with Crippen molar-refractivity contribution in [3.8, 4) is 0 Å². The Labute approximate surface area is 118 Å². The number of aromatic nitrogens is 1. The molecule has 2 aromatic heterocycles. The van der Waals surface area contributed by atoms with Crippen molar-refractivity contribution >= 4 is 40.2 Å². The average Bonchev–Trinajstić information content (AvgIpc) is 2.99. The lowest BCUT2D eigenvalue weighted by Gasteiger charge is -2.19. The quantitative estimate of drug-likeness (QED) is 0.789. The molecule has 0 fully saturated rings. The van der Waals surface area contributed by atoms with Gasteiger partial charge in [-0.05, 0) is 12.1 Å². The molecule has 0 aliphatic carbocycles. The van der Waals surface area contributed by atoms with Crippen LogP contribution in [0.5, 0.6) is 0 Å². The third kappa shape index (κ3) is 3.19. The summed E-state index contributed by atoms with van der Waals surface area (Å²) in [4.78, 5) is 19.0. The van der Waals surface area contributed by atoms with Gasteiger partial charge in [0.15, 0.2) is 0 Å². The van der Waals surface area contributed by atoms with E-state index in [1.165, 1.54) is 22.7 Å². The molecule has 94 valence electrons. The summed E-state index contributed by atoms with van der Waals surface area (Å²) in [5.41, 5.74) is 2.13. The van der Waals surface area contributed by atoms with Crippen LogP contribution in [-0.4, -0.2) is 22.3 Å². The molecule has 0 aliphatic rings. The van der Waals surface area contributed by atoms with Gasteiger partial charge in [-0.2, -0.15) is 0 Å². The summed E-state index contributed by atoms with van der Waals surface area (Å²) < 4.78 is 0.727. The first kappa shape index (κ1) is 13.3. The Bertz CT molecular complexity index is 536. The molecule has 6 heteroatoms. The van der Waals surface area contributed by atoms with Crippen molar-refractivity contribution in [3.63, 3.8) is 0 Å². The summed E-state index contributed by atoms with van der Waals surface area (Å²) in [6.07, 6.45) is 1.71. The molecule has 2 rings (SSSR count). The lowest BCUT2D eigenvalue weighted by atomic mass is 10.3. The van der Waals surface area contributed by atoms with E-state index in [0.29, 0.717) is 18.8 Å². The van der Waals surface area contributed by atoms with E-state index in [9.17, 15) is 4.79 Å². The Kier molecular flexibility index (Phi) is 4.52. The van der Waals surface area contributed by atoms with Gasteiger partial charge in [0, 0.05) is 16.8 Å². The van der Waals surface area contributed by atoms with E-state index in [1.807, 2.05) is 12.1 Å². The highest BCUT2D eigenvalue weighted by molar-refractivity contribution is 7.16. The predicted molar refractivity (Wildman–Crippen MR) is 76.4 cm³/mol. The van der Waals surface area contributed by atoms with Crippen molar-refractivity contribution in [1.82, 2.24) is 9.88 Å². The molecule has 3 nitrogen and oxygen atoms in total. The van der Waals surface area contributed by atoms with Crippen molar-refractivity contribution in [2.75, 3.05) is 6.54 Å². The Morgan fingerprint density at radius 1 is 1.56 bits per heavy atom. The summed E-state index contributed by atoms with van der Waals surface area (Å²) in [7, 11) is 0. The highest BCUT2D eigenvalue weighted by Crippen LogP contribution is 2.23. The Morgan fingerprint density at radius 2 is 2.39 bits per heavy atom. The van der Waals surface area contributed by atoms with Gasteiger partial charge >= 0.3 is 0 Å². The van der Waals surface area contributed by atoms with Gasteiger partial charge in [0.1, 0.15) is 5.69 Å². The van der Waals surface area contributed by atoms with E-state index in [0.717, 1.165) is 9.21 Å². The molecule has 0 unspecified atom stereocenters. The Balaban J connectivity index is 2.13. The first-order valence-electron chi connectivity index (χ1n) is 5.23. The Hall–Kier alpha value is -1.17. The lowest BCUT2D eigenvalue weighted by Crippen LogP contribution is -2.30. The lowest BCUT2D eigenvalue weighted by molar-refractivity contribution is 0.0759. The minimum Gasteiger partial charge on any atom is -0.328 e. The van der Waals surface area contributed by atoms with Gasteiger partial charge in [0.2, 0.25) is 0 Å².